The molecular weight excluding hydrogens is 820 g/mol. The number of ether oxygens (including phenoxy) is 1. The standard InChI is InChI=1S/C54H103N2O7P/c1-7-10-13-16-19-22-25-27-28-29-32-35-38-41-44-47-54(58)63-52(45-42-39-36-33-31-26-23-20-17-14-11-8-2)51(50-62-64(59,60)61-49-48-56(4,5)6)55-53(57)46-43-40-37-34-30-24-21-18-15-12-9-3/h18,21-22,25,42,45,51-52H,7-17,19-20,23-24,26-41,43-44,46-50H2,1-6H3,(H-,55,57,59,60)/p+1/b21-18-,25-22-,45-42+. The van der Waals surface area contributed by atoms with Gasteiger partial charge in [0.2, 0.25) is 5.91 Å². The van der Waals surface area contributed by atoms with Crippen LogP contribution in [0.25, 0.3) is 0 Å². The number of allylic oxidation sites excluding steroid dienone is 5. The predicted octanol–water partition coefficient (Wildman–Crippen LogP) is 15.6. The summed E-state index contributed by atoms with van der Waals surface area (Å²) < 4.78 is 30.5. The summed E-state index contributed by atoms with van der Waals surface area (Å²) in [6.07, 6.45) is 51.3. The van der Waals surface area contributed by atoms with Crippen LogP contribution in [0.4, 0.5) is 0 Å². The van der Waals surface area contributed by atoms with Crippen LogP contribution in [-0.4, -0.2) is 74.3 Å². The first-order valence-electron chi connectivity index (χ1n) is 26.8. The highest BCUT2D eigenvalue weighted by atomic mass is 31.2. The van der Waals surface area contributed by atoms with Crippen molar-refractivity contribution in [3.8, 4) is 0 Å². The maximum absolute atomic E-state index is 13.4. The van der Waals surface area contributed by atoms with E-state index in [1.54, 1.807) is 0 Å². The molecule has 0 saturated carbocycles. The number of hydrogen-bond donors (Lipinski definition) is 2. The zero-order chi connectivity index (χ0) is 47.3. The third kappa shape index (κ3) is 45.4. The minimum atomic E-state index is -4.44. The number of hydrogen-bond acceptors (Lipinski definition) is 6. The number of carbonyl (C=O) groups is 2. The summed E-state index contributed by atoms with van der Waals surface area (Å²) in [4.78, 5) is 37.4. The van der Waals surface area contributed by atoms with E-state index in [9.17, 15) is 19.0 Å². The second-order valence-electron chi connectivity index (χ2n) is 19.4. The molecule has 9 nitrogen and oxygen atoms in total. The highest BCUT2D eigenvalue weighted by molar-refractivity contribution is 7.47. The van der Waals surface area contributed by atoms with Crippen LogP contribution in [0.3, 0.4) is 0 Å². The van der Waals surface area contributed by atoms with Crippen molar-refractivity contribution < 1.29 is 37.3 Å². The molecule has 0 aliphatic carbocycles. The number of phosphoric acid groups is 1. The average molecular weight is 924 g/mol. The van der Waals surface area contributed by atoms with Crippen LogP contribution in [0.5, 0.6) is 0 Å². The van der Waals surface area contributed by atoms with E-state index in [4.69, 9.17) is 13.8 Å². The number of carbonyl (C=O) groups excluding carboxylic acids is 2. The number of nitrogens with zero attached hydrogens (tertiary/aromatic N) is 1. The SMILES string of the molecule is CCCC/C=C\CCCCCCCC(=O)NC(COP(=O)(O)OCC[N+](C)(C)C)C(/C=C/CCCCCCCCCCCC)OC(=O)CCCCCCCCC/C=C\CCCCCC. The third-order valence-electron chi connectivity index (χ3n) is 11.8. The maximum atomic E-state index is 13.4. The molecule has 0 saturated heterocycles. The van der Waals surface area contributed by atoms with Gasteiger partial charge in [0.1, 0.15) is 19.3 Å². The molecule has 0 aliphatic heterocycles. The largest absolute Gasteiger partial charge is 0.472 e. The fourth-order valence-electron chi connectivity index (χ4n) is 7.56. The molecule has 0 radical (unpaired) electrons. The topological polar surface area (TPSA) is 111 Å². The lowest BCUT2D eigenvalue weighted by atomic mass is 10.0. The number of nitrogens with one attached hydrogen (secondary N) is 1. The van der Waals surface area contributed by atoms with Gasteiger partial charge in [-0.25, -0.2) is 4.57 Å². The Morgan fingerprint density at radius 2 is 0.922 bits per heavy atom. The van der Waals surface area contributed by atoms with Gasteiger partial charge in [0.05, 0.1) is 33.8 Å². The maximum Gasteiger partial charge on any atom is 0.472 e. The number of likely N-dealkylation sites (N-methyl/N-ethyl adjacent to an activating group) is 1. The molecule has 64 heavy (non-hydrogen) atoms. The molecule has 0 aromatic carbocycles. The van der Waals surface area contributed by atoms with Crippen molar-refractivity contribution in [2.45, 2.75) is 258 Å². The summed E-state index contributed by atoms with van der Waals surface area (Å²) in [6, 6.07) is -0.849. The fourth-order valence-corrected chi connectivity index (χ4v) is 8.30. The number of rotatable bonds is 48. The molecule has 0 heterocycles. The summed E-state index contributed by atoms with van der Waals surface area (Å²) in [6.45, 7) is 6.95. The van der Waals surface area contributed by atoms with Gasteiger partial charge in [0, 0.05) is 12.8 Å². The zero-order valence-electron chi connectivity index (χ0n) is 42.8. The summed E-state index contributed by atoms with van der Waals surface area (Å²) in [5, 5.41) is 3.03. The highest BCUT2D eigenvalue weighted by Crippen LogP contribution is 2.43. The lowest BCUT2D eigenvalue weighted by molar-refractivity contribution is -0.870. The Kier molecular flexibility index (Phi) is 43.8. The second kappa shape index (κ2) is 45.0. The molecule has 0 aromatic heterocycles. The van der Waals surface area contributed by atoms with Gasteiger partial charge in [0.25, 0.3) is 0 Å². The third-order valence-corrected chi connectivity index (χ3v) is 12.8. The van der Waals surface area contributed by atoms with Crippen molar-refractivity contribution in [3.63, 3.8) is 0 Å². The Hall–Kier alpha value is -1.77. The number of unbranched alkanes of at least 4 members (excludes halogenated alkanes) is 28. The Bertz CT molecular complexity index is 1200. The van der Waals surface area contributed by atoms with E-state index in [1.165, 1.54) is 122 Å². The van der Waals surface area contributed by atoms with Crippen molar-refractivity contribution in [2.75, 3.05) is 40.9 Å². The van der Waals surface area contributed by atoms with Crippen molar-refractivity contribution in [2.24, 2.45) is 0 Å². The highest BCUT2D eigenvalue weighted by Gasteiger charge is 2.30. The van der Waals surface area contributed by atoms with Gasteiger partial charge in [0.15, 0.2) is 0 Å². The summed E-state index contributed by atoms with van der Waals surface area (Å²) in [5.74, 6) is -0.519. The van der Waals surface area contributed by atoms with Crippen LogP contribution in [0.15, 0.2) is 36.5 Å². The number of phosphoric ester groups is 1. The minimum Gasteiger partial charge on any atom is -0.456 e. The first kappa shape index (κ1) is 62.2. The summed E-state index contributed by atoms with van der Waals surface area (Å²) in [7, 11) is 1.49. The van der Waals surface area contributed by atoms with Gasteiger partial charge < -0.3 is 19.4 Å². The van der Waals surface area contributed by atoms with E-state index < -0.39 is 20.0 Å². The Morgan fingerprint density at radius 3 is 1.39 bits per heavy atom. The molecule has 0 rings (SSSR count). The molecule has 376 valence electrons. The van der Waals surface area contributed by atoms with Crippen molar-refractivity contribution >= 4 is 19.7 Å². The fraction of sp³-hybridized carbons (Fsp3) is 0.852. The van der Waals surface area contributed by atoms with E-state index >= 15 is 0 Å². The molecule has 0 aromatic rings. The molecule has 0 fully saturated rings. The lowest BCUT2D eigenvalue weighted by Gasteiger charge is -2.27. The first-order valence-corrected chi connectivity index (χ1v) is 28.3. The molecule has 2 N–H and O–H groups in total. The molecule has 0 spiro atoms. The predicted molar refractivity (Wildman–Crippen MR) is 272 cm³/mol. The van der Waals surface area contributed by atoms with Gasteiger partial charge in [-0.05, 0) is 76.7 Å². The van der Waals surface area contributed by atoms with Gasteiger partial charge in [-0.1, -0.05) is 192 Å². The Labute approximate surface area is 396 Å². The summed E-state index contributed by atoms with van der Waals surface area (Å²) >= 11 is 0. The second-order valence-corrected chi connectivity index (χ2v) is 20.8. The lowest BCUT2D eigenvalue weighted by Crippen LogP contribution is -2.47. The summed E-state index contributed by atoms with van der Waals surface area (Å²) in [5.41, 5.74) is 0. The Balaban J connectivity index is 5.41. The molecule has 1 amide bonds. The van der Waals surface area contributed by atoms with Gasteiger partial charge >= 0.3 is 13.8 Å². The number of esters is 1. The van der Waals surface area contributed by atoms with Crippen LogP contribution in [0.2, 0.25) is 0 Å². The van der Waals surface area contributed by atoms with Crippen LogP contribution < -0.4 is 5.32 Å². The normalized spacial score (nSPS) is 14.2. The van der Waals surface area contributed by atoms with Crippen LogP contribution in [-0.2, 0) is 27.9 Å². The van der Waals surface area contributed by atoms with Gasteiger partial charge in [-0.15, -0.1) is 0 Å². The monoisotopic (exact) mass is 924 g/mol. The molecular formula is C54H104N2O7P+. The van der Waals surface area contributed by atoms with E-state index in [0.717, 1.165) is 89.9 Å². The number of quaternary nitrogens is 1. The molecule has 3 unspecified atom stereocenters. The van der Waals surface area contributed by atoms with Crippen LogP contribution >= 0.6 is 7.82 Å². The smallest absolute Gasteiger partial charge is 0.456 e. The zero-order valence-corrected chi connectivity index (χ0v) is 43.7. The van der Waals surface area contributed by atoms with Crippen LogP contribution in [0, 0.1) is 0 Å². The average Bonchev–Trinajstić information content (AvgIpc) is 3.25. The van der Waals surface area contributed by atoms with E-state index in [1.807, 2.05) is 33.3 Å². The van der Waals surface area contributed by atoms with E-state index in [-0.39, 0.29) is 31.5 Å². The van der Waals surface area contributed by atoms with Gasteiger partial charge in [-0.2, -0.15) is 0 Å². The van der Waals surface area contributed by atoms with E-state index in [0.29, 0.717) is 17.4 Å². The molecule has 10 heteroatoms. The molecule has 0 bridgehead atoms. The quantitative estimate of drug-likeness (QED) is 0.0206. The molecule has 3 atom stereocenters. The number of amides is 1. The van der Waals surface area contributed by atoms with Crippen molar-refractivity contribution in [3.05, 3.63) is 36.5 Å². The Morgan fingerprint density at radius 1 is 0.531 bits per heavy atom. The van der Waals surface area contributed by atoms with E-state index in [2.05, 4.69) is 50.4 Å². The van der Waals surface area contributed by atoms with Gasteiger partial charge in [-0.3, -0.25) is 18.6 Å². The first-order chi connectivity index (χ1) is 30.9. The minimum absolute atomic E-state index is 0.0389. The van der Waals surface area contributed by atoms with Crippen molar-refractivity contribution in [1.82, 2.24) is 5.32 Å². The molecule has 0 aliphatic rings. The van der Waals surface area contributed by atoms with Crippen LogP contribution in [0.1, 0.15) is 245 Å². The van der Waals surface area contributed by atoms with Crippen molar-refractivity contribution in [1.29, 1.82) is 0 Å².